The number of aliphatic hydroxyl groups is 1. The van der Waals surface area contributed by atoms with Crippen molar-refractivity contribution in [3.8, 4) is 0 Å². The van der Waals surface area contributed by atoms with Gasteiger partial charge in [0, 0.05) is 10.5 Å². The molecule has 130 valence electrons. The van der Waals surface area contributed by atoms with Crippen molar-refractivity contribution in [3.63, 3.8) is 0 Å². The highest BCUT2D eigenvalue weighted by Crippen LogP contribution is 2.71. The van der Waals surface area contributed by atoms with Gasteiger partial charge in [-0.05, 0) is 91.8 Å². The molecule has 1 nitrogen and oxygen atoms in total. The predicted molar refractivity (Wildman–Crippen MR) is 97.5 cm³/mol. The summed E-state index contributed by atoms with van der Waals surface area (Å²) in [5.74, 6) is 6.05. The fourth-order valence-corrected chi connectivity index (χ4v) is 9.39. The van der Waals surface area contributed by atoms with Gasteiger partial charge in [0.2, 0.25) is 0 Å². The Morgan fingerprint density at radius 2 is 1.65 bits per heavy atom. The van der Waals surface area contributed by atoms with Crippen LogP contribution in [0.1, 0.15) is 72.1 Å². The maximum absolute atomic E-state index is 10.6. The van der Waals surface area contributed by atoms with E-state index < -0.39 is 0 Å². The second-order valence-electron chi connectivity index (χ2n) is 10.5. The van der Waals surface area contributed by atoms with Crippen LogP contribution in [-0.4, -0.2) is 21.7 Å². The first-order valence-corrected chi connectivity index (χ1v) is 11.2. The molecular formula is C21H34OS. The Labute approximate surface area is 146 Å². The molecule has 1 saturated heterocycles. The van der Waals surface area contributed by atoms with Crippen LogP contribution in [0.4, 0.5) is 0 Å². The molecule has 0 amide bonds. The molecule has 23 heavy (non-hydrogen) atoms. The lowest BCUT2D eigenvalue weighted by molar-refractivity contribution is -0.129. The molecule has 0 radical (unpaired) electrons. The molecule has 1 N–H and O–H groups in total. The fraction of sp³-hybridized carbons (Fsp3) is 1.00. The van der Waals surface area contributed by atoms with Gasteiger partial charge in [0.25, 0.3) is 0 Å². The number of fused-ring (bicyclic) bond motifs is 5. The van der Waals surface area contributed by atoms with Crippen molar-refractivity contribution >= 4 is 11.8 Å². The van der Waals surface area contributed by atoms with E-state index in [1.807, 2.05) is 0 Å². The minimum Gasteiger partial charge on any atom is -0.393 e. The first-order chi connectivity index (χ1) is 10.9. The van der Waals surface area contributed by atoms with Crippen molar-refractivity contribution in [2.24, 2.45) is 40.4 Å². The number of rotatable bonds is 0. The van der Waals surface area contributed by atoms with Crippen LogP contribution < -0.4 is 0 Å². The van der Waals surface area contributed by atoms with Crippen LogP contribution in [0.3, 0.4) is 0 Å². The maximum Gasteiger partial charge on any atom is 0.0596 e. The molecule has 0 unspecified atom stereocenters. The van der Waals surface area contributed by atoms with Crippen LogP contribution in [-0.2, 0) is 0 Å². The summed E-state index contributed by atoms with van der Waals surface area (Å²) in [5, 5.41) is 10.6. The Bertz CT molecular complexity index is 514. The van der Waals surface area contributed by atoms with E-state index in [0.717, 1.165) is 36.0 Å². The topological polar surface area (TPSA) is 20.2 Å². The SMILES string of the molecule is C[C@@H]1C[C@@]2(C)[C@@H](CC[C@H]3[C@H]4CC[C@H](O)[C@@]4(C)CC[C@@H]32)C[C@]12CS2. The molecule has 0 aromatic heterocycles. The van der Waals surface area contributed by atoms with Gasteiger partial charge in [-0.25, -0.2) is 0 Å². The summed E-state index contributed by atoms with van der Waals surface area (Å²) >= 11 is 2.27. The summed E-state index contributed by atoms with van der Waals surface area (Å²) in [6.45, 7) is 7.65. The average Bonchev–Trinajstić information content (AvgIpc) is 3.22. The van der Waals surface area contributed by atoms with E-state index in [1.54, 1.807) is 0 Å². The molecule has 2 heteroatoms. The highest BCUT2D eigenvalue weighted by atomic mass is 32.2. The minimum absolute atomic E-state index is 0.0182. The smallest absolute Gasteiger partial charge is 0.0596 e. The molecule has 1 heterocycles. The van der Waals surface area contributed by atoms with Gasteiger partial charge in [-0.2, -0.15) is 11.8 Å². The first-order valence-electron chi connectivity index (χ1n) is 10.2. The normalized spacial score (nSPS) is 64.2. The Morgan fingerprint density at radius 1 is 0.913 bits per heavy atom. The minimum atomic E-state index is -0.0182. The van der Waals surface area contributed by atoms with Crippen molar-refractivity contribution < 1.29 is 5.11 Å². The average molecular weight is 335 g/mol. The van der Waals surface area contributed by atoms with Crippen molar-refractivity contribution in [1.82, 2.24) is 0 Å². The molecule has 4 saturated carbocycles. The van der Waals surface area contributed by atoms with E-state index >= 15 is 0 Å². The van der Waals surface area contributed by atoms with E-state index in [2.05, 4.69) is 32.5 Å². The summed E-state index contributed by atoms with van der Waals surface area (Å²) in [6.07, 6.45) is 11.0. The van der Waals surface area contributed by atoms with Gasteiger partial charge < -0.3 is 5.11 Å². The van der Waals surface area contributed by atoms with Gasteiger partial charge in [-0.3, -0.25) is 0 Å². The van der Waals surface area contributed by atoms with E-state index in [9.17, 15) is 5.11 Å². The van der Waals surface area contributed by atoms with Gasteiger partial charge in [0.1, 0.15) is 0 Å². The predicted octanol–water partition coefficient (Wildman–Crippen LogP) is 5.12. The maximum atomic E-state index is 10.6. The third kappa shape index (κ3) is 1.92. The molecule has 1 spiro atoms. The lowest BCUT2D eigenvalue weighted by Crippen LogP contribution is -2.56. The molecule has 5 rings (SSSR count). The zero-order valence-corrected chi connectivity index (χ0v) is 16.0. The summed E-state index contributed by atoms with van der Waals surface area (Å²) in [6, 6.07) is 0. The zero-order chi connectivity index (χ0) is 16.0. The standard InChI is InChI=1S/C21H34OS/c1-13-10-20(3)14(11-21(13)12-23-21)4-5-15-16-6-7-18(22)19(16,2)9-8-17(15)20/h13-18,22H,4-12H2,1-3H3/t13-,14+,15+,16-,17+,18+,19+,20+,21+/m1/s1. The molecular weight excluding hydrogens is 300 g/mol. The summed E-state index contributed by atoms with van der Waals surface area (Å²) in [7, 11) is 0. The zero-order valence-electron chi connectivity index (χ0n) is 15.2. The Hall–Kier alpha value is 0.310. The van der Waals surface area contributed by atoms with Crippen molar-refractivity contribution in [2.45, 2.75) is 83.0 Å². The van der Waals surface area contributed by atoms with Crippen LogP contribution >= 0.6 is 11.8 Å². The quantitative estimate of drug-likeness (QED) is 0.620. The number of hydrogen-bond donors (Lipinski definition) is 1. The molecule has 5 aliphatic rings. The number of aliphatic hydroxyl groups excluding tert-OH is 1. The third-order valence-corrected chi connectivity index (χ3v) is 11.4. The van der Waals surface area contributed by atoms with Crippen LogP contribution in [0, 0.1) is 40.4 Å². The lowest BCUT2D eigenvalue weighted by Gasteiger charge is -2.62. The number of hydrogen-bond acceptors (Lipinski definition) is 2. The molecule has 5 fully saturated rings. The highest BCUT2D eigenvalue weighted by Gasteiger charge is 2.64. The largest absolute Gasteiger partial charge is 0.393 e. The summed E-state index contributed by atoms with van der Waals surface area (Å²) < 4.78 is 0.698. The van der Waals surface area contributed by atoms with Crippen LogP contribution in [0.25, 0.3) is 0 Å². The lowest BCUT2D eigenvalue weighted by atomic mass is 9.43. The fourth-order valence-electron chi connectivity index (χ4n) is 8.12. The van der Waals surface area contributed by atoms with E-state index in [0.29, 0.717) is 10.2 Å². The molecule has 1 aliphatic heterocycles. The molecule has 0 aromatic carbocycles. The molecule has 0 aromatic rings. The van der Waals surface area contributed by atoms with E-state index in [1.165, 1.54) is 50.7 Å². The van der Waals surface area contributed by atoms with Crippen molar-refractivity contribution in [3.05, 3.63) is 0 Å². The van der Waals surface area contributed by atoms with Crippen LogP contribution in [0.2, 0.25) is 0 Å². The van der Waals surface area contributed by atoms with Gasteiger partial charge >= 0.3 is 0 Å². The highest BCUT2D eigenvalue weighted by molar-refractivity contribution is 8.07. The first kappa shape index (κ1) is 15.6. The monoisotopic (exact) mass is 334 g/mol. The van der Waals surface area contributed by atoms with Gasteiger partial charge in [-0.15, -0.1) is 0 Å². The van der Waals surface area contributed by atoms with Crippen LogP contribution in [0.5, 0.6) is 0 Å². The second kappa shape index (κ2) is 4.72. The summed E-state index contributed by atoms with van der Waals surface area (Å²) in [5.41, 5.74) is 0.851. The third-order valence-electron chi connectivity index (χ3n) is 9.77. The Balaban J connectivity index is 1.45. The van der Waals surface area contributed by atoms with Gasteiger partial charge in [0.05, 0.1) is 6.10 Å². The molecule has 4 aliphatic carbocycles. The van der Waals surface area contributed by atoms with E-state index in [-0.39, 0.29) is 11.5 Å². The molecule has 0 bridgehead atoms. The molecule has 9 atom stereocenters. The Morgan fingerprint density at radius 3 is 2.39 bits per heavy atom. The van der Waals surface area contributed by atoms with E-state index in [4.69, 9.17) is 0 Å². The second-order valence-corrected chi connectivity index (χ2v) is 11.8. The van der Waals surface area contributed by atoms with Gasteiger partial charge in [0.15, 0.2) is 0 Å². The van der Waals surface area contributed by atoms with Gasteiger partial charge in [-0.1, -0.05) is 20.8 Å². The van der Waals surface area contributed by atoms with Crippen molar-refractivity contribution in [2.75, 3.05) is 5.75 Å². The Kier molecular flexibility index (Phi) is 3.20. The number of thioether (sulfide) groups is 1. The van der Waals surface area contributed by atoms with Crippen molar-refractivity contribution in [1.29, 1.82) is 0 Å². The van der Waals surface area contributed by atoms with Crippen LogP contribution in [0.15, 0.2) is 0 Å². The summed E-state index contributed by atoms with van der Waals surface area (Å²) in [4.78, 5) is 0.